The van der Waals surface area contributed by atoms with Gasteiger partial charge in [0.15, 0.2) is 5.11 Å². The Morgan fingerprint density at radius 3 is 2.69 bits per heavy atom. The van der Waals surface area contributed by atoms with Crippen molar-refractivity contribution in [1.29, 1.82) is 0 Å². The molecule has 1 saturated heterocycles. The summed E-state index contributed by atoms with van der Waals surface area (Å²) in [5.74, 6) is -0.929. The maximum atomic E-state index is 12.3. The van der Waals surface area contributed by atoms with Crippen molar-refractivity contribution in [2.24, 2.45) is 5.92 Å². The van der Waals surface area contributed by atoms with Crippen molar-refractivity contribution in [3.05, 3.63) is 35.9 Å². The maximum absolute atomic E-state index is 12.3. The molecule has 1 atom stereocenters. The molecule has 26 heavy (non-hydrogen) atoms. The molecule has 2 amide bonds. The summed E-state index contributed by atoms with van der Waals surface area (Å²) in [4.78, 5) is 38.0. The van der Waals surface area contributed by atoms with Crippen LogP contribution in [0.5, 0.6) is 0 Å². The molecule has 0 aliphatic carbocycles. The number of benzene rings is 1. The number of thiocarbonyl (C=S) groups is 1. The molecule has 140 valence electrons. The first kappa shape index (κ1) is 19.8. The van der Waals surface area contributed by atoms with E-state index in [1.54, 1.807) is 29.2 Å². The standard InChI is InChI=1S/C18H23N3O4S/c1-12(2)11-25-15(22)10-14-17(24)19-8-9-21(14)18(26)20-16(23)13-6-4-3-5-7-13/h3-7,12,14H,8-11H2,1-2H3,(H,19,24)(H,20,23,26). The highest BCUT2D eigenvalue weighted by Crippen LogP contribution is 2.11. The minimum absolute atomic E-state index is 0.121. The highest BCUT2D eigenvalue weighted by atomic mass is 32.1. The highest BCUT2D eigenvalue weighted by molar-refractivity contribution is 7.80. The van der Waals surface area contributed by atoms with Gasteiger partial charge in [-0.2, -0.15) is 0 Å². The number of ether oxygens (including phenoxy) is 1. The largest absolute Gasteiger partial charge is 0.465 e. The van der Waals surface area contributed by atoms with E-state index in [4.69, 9.17) is 17.0 Å². The topological polar surface area (TPSA) is 87.7 Å². The van der Waals surface area contributed by atoms with Gasteiger partial charge in [0, 0.05) is 18.7 Å². The molecule has 2 rings (SSSR count). The second-order valence-corrected chi connectivity index (χ2v) is 6.79. The van der Waals surface area contributed by atoms with E-state index in [-0.39, 0.29) is 29.3 Å². The number of piperazine rings is 1. The number of nitrogens with one attached hydrogen (secondary N) is 2. The quantitative estimate of drug-likeness (QED) is 0.590. The van der Waals surface area contributed by atoms with Gasteiger partial charge in [0.1, 0.15) is 6.04 Å². The Labute approximate surface area is 158 Å². The molecule has 1 fully saturated rings. The number of hydrogen-bond donors (Lipinski definition) is 2. The average Bonchev–Trinajstić information content (AvgIpc) is 2.62. The van der Waals surface area contributed by atoms with Gasteiger partial charge in [-0.25, -0.2) is 0 Å². The number of hydrogen-bond acceptors (Lipinski definition) is 5. The molecule has 1 unspecified atom stereocenters. The van der Waals surface area contributed by atoms with Gasteiger partial charge in [0.2, 0.25) is 5.91 Å². The Morgan fingerprint density at radius 2 is 2.04 bits per heavy atom. The maximum Gasteiger partial charge on any atom is 0.308 e. The summed E-state index contributed by atoms with van der Waals surface area (Å²) in [6.07, 6.45) is -0.125. The van der Waals surface area contributed by atoms with Crippen molar-refractivity contribution in [2.75, 3.05) is 19.7 Å². The lowest BCUT2D eigenvalue weighted by molar-refractivity contribution is -0.148. The molecular weight excluding hydrogens is 354 g/mol. The number of carbonyl (C=O) groups is 3. The molecule has 1 aliphatic rings. The fourth-order valence-electron chi connectivity index (χ4n) is 2.47. The van der Waals surface area contributed by atoms with E-state index in [0.717, 1.165) is 0 Å². The van der Waals surface area contributed by atoms with Crippen molar-refractivity contribution >= 4 is 35.1 Å². The van der Waals surface area contributed by atoms with Crippen LogP contribution in [0, 0.1) is 5.92 Å². The van der Waals surface area contributed by atoms with E-state index in [0.29, 0.717) is 25.3 Å². The fourth-order valence-corrected chi connectivity index (χ4v) is 2.78. The van der Waals surface area contributed by atoms with Crippen LogP contribution in [0.4, 0.5) is 0 Å². The molecule has 1 heterocycles. The third kappa shape index (κ3) is 5.52. The first-order chi connectivity index (χ1) is 12.4. The monoisotopic (exact) mass is 377 g/mol. The van der Waals surface area contributed by atoms with Gasteiger partial charge in [0.05, 0.1) is 13.0 Å². The normalized spacial score (nSPS) is 16.8. The minimum Gasteiger partial charge on any atom is -0.465 e. The summed E-state index contributed by atoms with van der Waals surface area (Å²) in [6, 6.07) is 7.85. The van der Waals surface area contributed by atoms with Gasteiger partial charge >= 0.3 is 5.97 Å². The van der Waals surface area contributed by atoms with Crippen LogP contribution in [0.1, 0.15) is 30.6 Å². The number of carbonyl (C=O) groups excluding carboxylic acids is 3. The van der Waals surface area contributed by atoms with Crippen molar-refractivity contribution in [1.82, 2.24) is 15.5 Å². The molecule has 1 aliphatic heterocycles. The van der Waals surface area contributed by atoms with Crippen LogP contribution in [0.15, 0.2) is 30.3 Å². The lowest BCUT2D eigenvalue weighted by Gasteiger charge is -2.36. The molecule has 1 aromatic rings. The predicted molar refractivity (Wildman–Crippen MR) is 100 cm³/mol. The number of esters is 1. The van der Waals surface area contributed by atoms with E-state index in [9.17, 15) is 14.4 Å². The van der Waals surface area contributed by atoms with Crippen LogP contribution in [0.2, 0.25) is 0 Å². The van der Waals surface area contributed by atoms with E-state index in [1.807, 2.05) is 19.9 Å². The zero-order chi connectivity index (χ0) is 19.1. The van der Waals surface area contributed by atoms with Gasteiger partial charge in [0.25, 0.3) is 5.91 Å². The van der Waals surface area contributed by atoms with Crippen LogP contribution < -0.4 is 10.6 Å². The Bertz CT molecular complexity index is 678. The van der Waals surface area contributed by atoms with Gasteiger partial charge in [-0.15, -0.1) is 0 Å². The smallest absolute Gasteiger partial charge is 0.308 e. The Morgan fingerprint density at radius 1 is 1.35 bits per heavy atom. The van der Waals surface area contributed by atoms with Crippen LogP contribution in [0.25, 0.3) is 0 Å². The van der Waals surface area contributed by atoms with E-state index in [2.05, 4.69) is 10.6 Å². The lowest BCUT2D eigenvalue weighted by atomic mass is 10.1. The molecule has 1 aromatic carbocycles. The van der Waals surface area contributed by atoms with E-state index < -0.39 is 12.0 Å². The SMILES string of the molecule is CC(C)COC(=O)CC1C(=O)NCCN1C(=S)NC(=O)c1ccccc1. The Kier molecular flexibility index (Phi) is 7.08. The van der Waals surface area contributed by atoms with Crippen LogP contribution in [0.3, 0.4) is 0 Å². The molecule has 0 saturated carbocycles. The average molecular weight is 377 g/mol. The summed E-state index contributed by atoms with van der Waals surface area (Å²) < 4.78 is 5.16. The zero-order valence-electron chi connectivity index (χ0n) is 14.9. The second kappa shape index (κ2) is 9.28. The molecule has 7 nitrogen and oxygen atoms in total. The fraction of sp³-hybridized carbons (Fsp3) is 0.444. The van der Waals surface area contributed by atoms with Gasteiger partial charge in [-0.05, 0) is 30.3 Å². The Balaban J connectivity index is 2.01. The highest BCUT2D eigenvalue weighted by Gasteiger charge is 2.34. The number of amides is 2. The number of rotatable bonds is 5. The second-order valence-electron chi connectivity index (χ2n) is 6.41. The summed E-state index contributed by atoms with van der Waals surface area (Å²) in [6.45, 7) is 4.95. The zero-order valence-corrected chi connectivity index (χ0v) is 15.7. The van der Waals surface area contributed by atoms with Gasteiger partial charge in [-0.1, -0.05) is 32.0 Å². The molecule has 0 radical (unpaired) electrons. The summed E-state index contributed by atoms with van der Waals surface area (Å²) >= 11 is 5.30. The van der Waals surface area contributed by atoms with Gasteiger partial charge in [-0.3, -0.25) is 19.7 Å². The third-order valence-electron chi connectivity index (χ3n) is 3.79. The first-order valence-corrected chi connectivity index (χ1v) is 8.89. The third-order valence-corrected chi connectivity index (χ3v) is 4.12. The molecule has 0 spiro atoms. The minimum atomic E-state index is -0.799. The van der Waals surface area contributed by atoms with E-state index in [1.165, 1.54) is 0 Å². The first-order valence-electron chi connectivity index (χ1n) is 8.48. The predicted octanol–water partition coefficient (Wildman–Crippen LogP) is 1.09. The van der Waals surface area contributed by atoms with E-state index >= 15 is 0 Å². The van der Waals surface area contributed by atoms with Crippen LogP contribution >= 0.6 is 12.2 Å². The van der Waals surface area contributed by atoms with Crippen LogP contribution in [-0.4, -0.2) is 53.5 Å². The van der Waals surface area contributed by atoms with Crippen LogP contribution in [-0.2, 0) is 14.3 Å². The van der Waals surface area contributed by atoms with Crippen molar-refractivity contribution < 1.29 is 19.1 Å². The summed E-state index contributed by atoms with van der Waals surface area (Å²) in [7, 11) is 0. The van der Waals surface area contributed by atoms with Crippen molar-refractivity contribution in [3.63, 3.8) is 0 Å². The molecular formula is C18H23N3O4S. The summed E-state index contributed by atoms with van der Waals surface area (Å²) in [5, 5.41) is 5.46. The van der Waals surface area contributed by atoms with Crippen molar-refractivity contribution in [3.8, 4) is 0 Å². The van der Waals surface area contributed by atoms with Crippen molar-refractivity contribution in [2.45, 2.75) is 26.3 Å². The molecule has 0 aromatic heterocycles. The number of nitrogens with zero attached hydrogens (tertiary/aromatic N) is 1. The van der Waals surface area contributed by atoms with Gasteiger partial charge < -0.3 is 15.0 Å². The Hall–Kier alpha value is -2.48. The molecule has 8 heteroatoms. The lowest BCUT2D eigenvalue weighted by Crippen LogP contribution is -2.60. The molecule has 2 N–H and O–H groups in total. The summed E-state index contributed by atoms with van der Waals surface area (Å²) in [5.41, 5.74) is 0.462. The molecule has 0 bridgehead atoms.